The van der Waals surface area contributed by atoms with E-state index in [9.17, 15) is 9.18 Å². The molecule has 24 heavy (non-hydrogen) atoms. The van der Waals surface area contributed by atoms with Gasteiger partial charge in [-0.15, -0.1) is 0 Å². The number of carbonyl (C=O) groups is 1. The lowest BCUT2D eigenvalue weighted by atomic mass is 10.2. The highest BCUT2D eigenvalue weighted by atomic mass is 19.1. The largest absolute Gasteiger partial charge is 0.477 e. The van der Waals surface area contributed by atoms with Gasteiger partial charge in [-0.2, -0.15) is 9.37 Å². The Kier molecular flexibility index (Phi) is 4.88. The molecular formula is C17H18FN3O3. The first-order valence-corrected chi connectivity index (χ1v) is 7.83. The number of hydrogen-bond donors (Lipinski definition) is 0. The zero-order valence-electron chi connectivity index (χ0n) is 13.3. The molecule has 0 N–H and O–H groups in total. The van der Waals surface area contributed by atoms with E-state index in [2.05, 4.69) is 9.97 Å². The summed E-state index contributed by atoms with van der Waals surface area (Å²) in [5, 5.41) is 0. The van der Waals surface area contributed by atoms with Crippen LogP contribution in [0.4, 0.5) is 4.39 Å². The second-order valence-electron chi connectivity index (χ2n) is 5.37. The van der Waals surface area contributed by atoms with E-state index in [0.717, 1.165) is 0 Å². The number of nitrogens with zero attached hydrogens (tertiary/aromatic N) is 3. The van der Waals surface area contributed by atoms with Crippen LogP contribution >= 0.6 is 0 Å². The number of rotatable bonds is 5. The zero-order chi connectivity index (χ0) is 16.9. The number of ether oxygens (including phenoxy) is 2. The molecule has 1 aliphatic rings. The molecule has 1 unspecified atom stereocenters. The summed E-state index contributed by atoms with van der Waals surface area (Å²) in [6.45, 7) is 3.25. The molecule has 0 bridgehead atoms. The van der Waals surface area contributed by atoms with Crippen LogP contribution in [0.2, 0.25) is 0 Å². The lowest BCUT2D eigenvalue weighted by Gasteiger charge is -2.18. The summed E-state index contributed by atoms with van der Waals surface area (Å²) in [5.74, 6) is -0.174. The molecule has 1 amide bonds. The maximum Gasteiger partial charge on any atom is 0.259 e. The van der Waals surface area contributed by atoms with E-state index in [0.29, 0.717) is 37.6 Å². The van der Waals surface area contributed by atoms with Gasteiger partial charge in [0, 0.05) is 25.2 Å². The van der Waals surface area contributed by atoms with E-state index in [1.807, 2.05) is 6.92 Å². The van der Waals surface area contributed by atoms with Gasteiger partial charge in [0.2, 0.25) is 17.7 Å². The van der Waals surface area contributed by atoms with E-state index >= 15 is 0 Å². The third-order valence-corrected chi connectivity index (χ3v) is 3.69. The molecule has 0 aromatic carbocycles. The number of carbonyl (C=O) groups excluding carboxylic acids is 1. The molecule has 6 nitrogen and oxygen atoms in total. The van der Waals surface area contributed by atoms with Crippen LogP contribution in [0.25, 0.3) is 0 Å². The number of amides is 1. The van der Waals surface area contributed by atoms with E-state index in [4.69, 9.17) is 9.47 Å². The van der Waals surface area contributed by atoms with Crippen molar-refractivity contribution in [2.45, 2.75) is 19.4 Å². The van der Waals surface area contributed by atoms with Gasteiger partial charge in [0.1, 0.15) is 11.7 Å². The Balaban J connectivity index is 1.66. The minimum absolute atomic E-state index is 0.148. The van der Waals surface area contributed by atoms with Crippen LogP contribution in [0.5, 0.6) is 11.8 Å². The molecule has 2 aromatic rings. The minimum Gasteiger partial charge on any atom is -0.477 e. The molecular weight excluding hydrogens is 313 g/mol. The van der Waals surface area contributed by atoms with Gasteiger partial charge in [0.15, 0.2) is 0 Å². The Hall–Kier alpha value is -2.70. The standard InChI is InChI=1S/C17H18FN3O3/c1-2-23-16-13(5-4-9-19-16)17(22)21-10-8-12(11-21)24-15-7-3-6-14(18)20-15/h3-7,9,12H,2,8,10-11H2,1H3. The van der Waals surface area contributed by atoms with Gasteiger partial charge in [0.25, 0.3) is 5.91 Å². The van der Waals surface area contributed by atoms with E-state index < -0.39 is 5.95 Å². The lowest BCUT2D eigenvalue weighted by molar-refractivity contribution is 0.0765. The molecule has 0 spiro atoms. The first kappa shape index (κ1) is 16.2. The topological polar surface area (TPSA) is 64.5 Å². The number of likely N-dealkylation sites (tertiary alicyclic amines) is 1. The third kappa shape index (κ3) is 3.61. The van der Waals surface area contributed by atoms with Crippen molar-refractivity contribution in [1.82, 2.24) is 14.9 Å². The fraction of sp³-hybridized carbons (Fsp3) is 0.353. The molecule has 0 radical (unpaired) electrons. The second kappa shape index (κ2) is 7.25. The molecule has 1 saturated heterocycles. The summed E-state index contributed by atoms with van der Waals surface area (Å²) in [6.07, 6.45) is 2.04. The van der Waals surface area contributed by atoms with Crippen molar-refractivity contribution in [2.24, 2.45) is 0 Å². The smallest absolute Gasteiger partial charge is 0.259 e. The fourth-order valence-corrected chi connectivity index (χ4v) is 2.61. The predicted octanol–water partition coefficient (Wildman–Crippen LogP) is 2.31. The van der Waals surface area contributed by atoms with E-state index in [1.54, 1.807) is 35.4 Å². The van der Waals surface area contributed by atoms with Gasteiger partial charge < -0.3 is 14.4 Å². The Morgan fingerprint density at radius 1 is 1.38 bits per heavy atom. The van der Waals surface area contributed by atoms with Crippen LogP contribution in [-0.2, 0) is 0 Å². The van der Waals surface area contributed by atoms with Crippen LogP contribution in [0.3, 0.4) is 0 Å². The van der Waals surface area contributed by atoms with Crippen molar-refractivity contribution >= 4 is 5.91 Å². The molecule has 1 atom stereocenters. The molecule has 0 saturated carbocycles. The van der Waals surface area contributed by atoms with E-state index in [-0.39, 0.29) is 17.9 Å². The molecule has 126 valence electrons. The molecule has 7 heteroatoms. The highest BCUT2D eigenvalue weighted by molar-refractivity contribution is 5.96. The highest BCUT2D eigenvalue weighted by Crippen LogP contribution is 2.22. The van der Waals surface area contributed by atoms with Crippen LogP contribution in [0, 0.1) is 5.95 Å². The first-order chi connectivity index (χ1) is 11.7. The summed E-state index contributed by atoms with van der Waals surface area (Å²) in [7, 11) is 0. The maximum atomic E-state index is 13.1. The number of pyridine rings is 2. The van der Waals surface area contributed by atoms with Crippen molar-refractivity contribution in [3.05, 3.63) is 48.0 Å². The lowest BCUT2D eigenvalue weighted by Crippen LogP contribution is -2.31. The Bertz CT molecular complexity index is 726. The van der Waals surface area contributed by atoms with Gasteiger partial charge in [-0.05, 0) is 25.1 Å². The molecule has 1 fully saturated rings. The van der Waals surface area contributed by atoms with Crippen molar-refractivity contribution < 1.29 is 18.7 Å². The number of halogens is 1. The second-order valence-corrected chi connectivity index (χ2v) is 5.37. The third-order valence-electron chi connectivity index (χ3n) is 3.69. The van der Waals surface area contributed by atoms with Crippen molar-refractivity contribution in [2.75, 3.05) is 19.7 Å². The Labute approximate surface area is 139 Å². The average Bonchev–Trinajstić information content (AvgIpc) is 3.03. The minimum atomic E-state index is -0.588. The number of hydrogen-bond acceptors (Lipinski definition) is 5. The van der Waals surface area contributed by atoms with Gasteiger partial charge in [-0.3, -0.25) is 4.79 Å². The zero-order valence-corrected chi connectivity index (χ0v) is 13.3. The van der Waals surface area contributed by atoms with Gasteiger partial charge >= 0.3 is 0 Å². The SMILES string of the molecule is CCOc1ncccc1C(=O)N1CCC(Oc2cccc(F)n2)C1. The number of aromatic nitrogens is 2. The van der Waals surface area contributed by atoms with Crippen molar-refractivity contribution in [3.63, 3.8) is 0 Å². The van der Waals surface area contributed by atoms with Crippen LogP contribution in [-0.4, -0.2) is 46.6 Å². The monoisotopic (exact) mass is 331 g/mol. The molecule has 1 aliphatic heterocycles. The van der Waals surface area contributed by atoms with Crippen molar-refractivity contribution in [1.29, 1.82) is 0 Å². The molecule has 3 heterocycles. The van der Waals surface area contributed by atoms with Crippen LogP contribution < -0.4 is 9.47 Å². The van der Waals surface area contributed by atoms with Gasteiger partial charge in [-0.1, -0.05) is 6.07 Å². The summed E-state index contributed by atoms with van der Waals surface area (Å²) >= 11 is 0. The Morgan fingerprint density at radius 2 is 2.25 bits per heavy atom. The Morgan fingerprint density at radius 3 is 3.04 bits per heavy atom. The summed E-state index contributed by atoms with van der Waals surface area (Å²) in [5.41, 5.74) is 0.434. The summed E-state index contributed by atoms with van der Waals surface area (Å²) < 4.78 is 24.2. The molecule has 0 aliphatic carbocycles. The van der Waals surface area contributed by atoms with Crippen LogP contribution in [0.1, 0.15) is 23.7 Å². The molecule has 3 rings (SSSR count). The fourth-order valence-electron chi connectivity index (χ4n) is 2.61. The quantitative estimate of drug-likeness (QED) is 0.787. The van der Waals surface area contributed by atoms with E-state index in [1.165, 1.54) is 6.07 Å². The van der Waals surface area contributed by atoms with Gasteiger partial charge in [-0.25, -0.2) is 4.98 Å². The maximum absolute atomic E-state index is 13.1. The first-order valence-electron chi connectivity index (χ1n) is 7.83. The summed E-state index contributed by atoms with van der Waals surface area (Å²) in [6, 6.07) is 7.80. The summed E-state index contributed by atoms with van der Waals surface area (Å²) in [4.78, 5) is 22.1. The van der Waals surface area contributed by atoms with Crippen LogP contribution in [0.15, 0.2) is 36.5 Å². The van der Waals surface area contributed by atoms with Gasteiger partial charge in [0.05, 0.1) is 13.2 Å². The normalized spacial score (nSPS) is 16.9. The predicted molar refractivity (Wildman–Crippen MR) is 84.5 cm³/mol. The molecule has 2 aromatic heterocycles. The van der Waals surface area contributed by atoms with Crippen molar-refractivity contribution in [3.8, 4) is 11.8 Å². The highest BCUT2D eigenvalue weighted by Gasteiger charge is 2.30. The average molecular weight is 331 g/mol.